The fourth-order valence-corrected chi connectivity index (χ4v) is 4.51. The number of fused-ring (bicyclic) bond motifs is 1. The Morgan fingerprint density at radius 2 is 1.58 bits per heavy atom. The summed E-state index contributed by atoms with van der Waals surface area (Å²) < 4.78 is 0. The van der Waals surface area contributed by atoms with E-state index < -0.39 is 0 Å². The third-order valence-electron chi connectivity index (χ3n) is 5.11. The van der Waals surface area contributed by atoms with Crippen LogP contribution in [0.15, 0.2) is 53.9 Å². The lowest BCUT2D eigenvalue weighted by atomic mass is 10.0. The number of phenols is 1. The molecule has 0 atom stereocenters. The minimum Gasteiger partial charge on any atom is -0.507 e. The summed E-state index contributed by atoms with van der Waals surface area (Å²) in [5.74, 6) is 0.439. The topological polar surface area (TPSA) is 29.1 Å². The van der Waals surface area contributed by atoms with E-state index in [1.165, 1.54) is 41.8 Å². The predicted molar refractivity (Wildman–Crippen MR) is 98.7 cm³/mol. The number of phenolic OH excluding ortho intramolecular Hbond substituents is 1. The Hall–Kier alpha value is -1.88. The Morgan fingerprint density at radius 3 is 2.33 bits per heavy atom. The van der Waals surface area contributed by atoms with Crippen LogP contribution in [-0.2, 0) is 13.1 Å². The van der Waals surface area contributed by atoms with E-state index in [0.29, 0.717) is 5.75 Å². The van der Waals surface area contributed by atoms with Gasteiger partial charge in [-0.25, -0.2) is 0 Å². The molecule has 3 N–H and O–H groups in total. The monoisotopic (exact) mass is 340 g/mol. The second-order valence-corrected chi connectivity index (χ2v) is 7.75. The van der Waals surface area contributed by atoms with Crippen molar-refractivity contribution >= 4 is 22.1 Å². The summed E-state index contributed by atoms with van der Waals surface area (Å²) in [7, 11) is 0. The number of thiophene rings is 1. The van der Waals surface area contributed by atoms with Crippen LogP contribution in [0.25, 0.3) is 10.8 Å². The van der Waals surface area contributed by atoms with Crippen LogP contribution in [0.2, 0.25) is 0 Å². The zero-order valence-corrected chi connectivity index (χ0v) is 14.6. The summed E-state index contributed by atoms with van der Waals surface area (Å²) in [5, 5.41) is 14.9. The van der Waals surface area contributed by atoms with Crippen molar-refractivity contribution in [3.8, 4) is 5.75 Å². The van der Waals surface area contributed by atoms with Crippen LogP contribution in [-0.4, -0.2) is 31.3 Å². The van der Waals surface area contributed by atoms with Crippen LogP contribution >= 0.6 is 11.3 Å². The third-order valence-corrected chi connectivity index (χ3v) is 5.99. The minimum atomic E-state index is 0.439. The van der Waals surface area contributed by atoms with Crippen molar-refractivity contribution in [2.45, 2.75) is 13.1 Å². The molecule has 1 saturated heterocycles. The highest BCUT2D eigenvalue weighted by Crippen LogP contribution is 2.26. The molecule has 3 nitrogen and oxygen atoms in total. The van der Waals surface area contributed by atoms with Gasteiger partial charge in [-0.15, -0.1) is 11.3 Å². The first-order valence-electron chi connectivity index (χ1n) is 8.69. The molecule has 4 heteroatoms. The van der Waals surface area contributed by atoms with Gasteiger partial charge < -0.3 is 14.9 Å². The van der Waals surface area contributed by atoms with Crippen molar-refractivity contribution in [1.29, 1.82) is 0 Å². The molecule has 0 saturated carbocycles. The summed E-state index contributed by atoms with van der Waals surface area (Å²) in [6.45, 7) is 6.83. The van der Waals surface area contributed by atoms with E-state index >= 15 is 0 Å². The van der Waals surface area contributed by atoms with Crippen LogP contribution in [0.3, 0.4) is 0 Å². The molecule has 0 unspecified atom stereocenters. The van der Waals surface area contributed by atoms with Crippen molar-refractivity contribution in [3.05, 3.63) is 64.4 Å². The zero-order chi connectivity index (χ0) is 16.4. The number of quaternary nitrogens is 2. The lowest BCUT2D eigenvalue weighted by molar-refractivity contribution is -1.02. The first kappa shape index (κ1) is 15.6. The maximum absolute atomic E-state index is 10.3. The molecular formula is C20H24N2OS+2. The molecule has 1 aromatic heterocycles. The van der Waals surface area contributed by atoms with Crippen LogP contribution in [0.4, 0.5) is 0 Å². The molecule has 0 spiro atoms. The molecular weight excluding hydrogens is 316 g/mol. The second kappa shape index (κ2) is 6.93. The van der Waals surface area contributed by atoms with Gasteiger partial charge in [0, 0.05) is 0 Å². The van der Waals surface area contributed by atoms with Gasteiger partial charge in [-0.05, 0) is 28.3 Å². The zero-order valence-electron chi connectivity index (χ0n) is 13.8. The predicted octanol–water partition coefficient (Wildman–Crippen LogP) is 1.09. The Balaban J connectivity index is 1.43. The van der Waals surface area contributed by atoms with Crippen LogP contribution in [0, 0.1) is 0 Å². The first-order chi connectivity index (χ1) is 11.8. The van der Waals surface area contributed by atoms with E-state index in [1.807, 2.05) is 23.5 Å². The van der Waals surface area contributed by atoms with Crippen molar-refractivity contribution in [2.24, 2.45) is 0 Å². The van der Waals surface area contributed by atoms with E-state index in [0.717, 1.165) is 18.7 Å². The summed E-state index contributed by atoms with van der Waals surface area (Å²) in [4.78, 5) is 4.75. The second-order valence-electron chi connectivity index (χ2n) is 6.72. The number of hydrogen-bond donors (Lipinski definition) is 3. The number of rotatable bonds is 4. The van der Waals surface area contributed by atoms with Crippen molar-refractivity contribution in [2.75, 3.05) is 26.2 Å². The molecule has 124 valence electrons. The van der Waals surface area contributed by atoms with E-state index in [-0.39, 0.29) is 0 Å². The van der Waals surface area contributed by atoms with Crippen molar-refractivity contribution in [3.63, 3.8) is 0 Å². The fourth-order valence-electron chi connectivity index (χ4n) is 3.73. The lowest BCUT2D eigenvalue weighted by Crippen LogP contribution is -3.27. The Kier molecular flexibility index (Phi) is 4.52. The maximum atomic E-state index is 10.3. The van der Waals surface area contributed by atoms with Gasteiger partial charge in [-0.2, -0.15) is 0 Å². The van der Waals surface area contributed by atoms with Crippen molar-refractivity contribution < 1.29 is 14.9 Å². The van der Waals surface area contributed by atoms with Gasteiger partial charge in [0.2, 0.25) is 0 Å². The highest BCUT2D eigenvalue weighted by Gasteiger charge is 2.24. The SMILES string of the molecule is Oc1ccc2ccccc2c1C[NH+]1CC[NH+](Cc2cccs2)CC1. The van der Waals surface area contributed by atoms with Crippen LogP contribution in [0.5, 0.6) is 5.75 Å². The summed E-state index contributed by atoms with van der Waals surface area (Å²) in [6.07, 6.45) is 0. The molecule has 1 fully saturated rings. The Bertz CT molecular complexity index is 808. The molecule has 2 aromatic carbocycles. The highest BCUT2D eigenvalue weighted by atomic mass is 32.1. The van der Waals surface area contributed by atoms with E-state index in [2.05, 4.69) is 41.8 Å². The van der Waals surface area contributed by atoms with Crippen LogP contribution in [0.1, 0.15) is 10.4 Å². The third kappa shape index (κ3) is 3.31. The molecule has 1 aliphatic rings. The Morgan fingerprint density at radius 1 is 0.833 bits per heavy atom. The van der Waals surface area contributed by atoms with Gasteiger partial charge in [0.1, 0.15) is 45.0 Å². The van der Waals surface area contributed by atoms with Gasteiger partial charge in [-0.1, -0.05) is 36.4 Å². The van der Waals surface area contributed by atoms with E-state index in [4.69, 9.17) is 0 Å². The fraction of sp³-hybridized carbons (Fsp3) is 0.300. The average molecular weight is 340 g/mol. The van der Waals surface area contributed by atoms with E-state index in [9.17, 15) is 5.11 Å². The summed E-state index contributed by atoms with van der Waals surface area (Å²) >= 11 is 1.86. The number of nitrogens with one attached hydrogen (secondary N) is 2. The highest BCUT2D eigenvalue weighted by molar-refractivity contribution is 7.09. The molecule has 0 bridgehead atoms. The van der Waals surface area contributed by atoms with Gasteiger partial charge in [0.15, 0.2) is 0 Å². The summed E-state index contributed by atoms with van der Waals surface area (Å²) in [6, 6.07) is 16.6. The number of aromatic hydroxyl groups is 1. The van der Waals surface area contributed by atoms with E-state index in [1.54, 1.807) is 9.80 Å². The number of benzene rings is 2. The van der Waals surface area contributed by atoms with Gasteiger partial charge in [-0.3, -0.25) is 0 Å². The number of hydrogen-bond acceptors (Lipinski definition) is 2. The first-order valence-corrected chi connectivity index (χ1v) is 9.56. The normalized spacial score (nSPS) is 21.2. The average Bonchev–Trinajstić information content (AvgIpc) is 3.12. The molecule has 0 radical (unpaired) electrons. The van der Waals surface area contributed by atoms with Gasteiger partial charge in [0.25, 0.3) is 0 Å². The molecule has 2 heterocycles. The quantitative estimate of drug-likeness (QED) is 0.652. The smallest absolute Gasteiger partial charge is 0.127 e. The lowest BCUT2D eigenvalue weighted by Gasteiger charge is -2.29. The molecule has 0 amide bonds. The summed E-state index contributed by atoms with van der Waals surface area (Å²) in [5.41, 5.74) is 1.10. The van der Waals surface area contributed by atoms with Gasteiger partial charge in [0.05, 0.1) is 10.4 Å². The molecule has 0 aliphatic carbocycles. The van der Waals surface area contributed by atoms with Crippen LogP contribution < -0.4 is 9.80 Å². The molecule has 4 rings (SSSR count). The largest absolute Gasteiger partial charge is 0.507 e. The van der Waals surface area contributed by atoms with Gasteiger partial charge >= 0.3 is 0 Å². The maximum Gasteiger partial charge on any atom is 0.127 e. The van der Waals surface area contributed by atoms with Crippen molar-refractivity contribution in [1.82, 2.24) is 0 Å². The standard InChI is InChI=1S/C20H22N2OS/c23-20-8-7-16-4-1-2-6-18(16)19(20)15-22-11-9-21(10-12-22)14-17-5-3-13-24-17/h1-8,13,23H,9-12,14-15H2/p+2. The molecule has 24 heavy (non-hydrogen) atoms. The molecule has 1 aliphatic heterocycles. The number of piperazine rings is 1. The minimum absolute atomic E-state index is 0.439. The Labute approximate surface area is 146 Å². The molecule has 3 aromatic rings.